The smallest absolute Gasteiger partial charge is 0.00106 e. The summed E-state index contributed by atoms with van der Waals surface area (Å²) in [5.41, 5.74) is 0.666. The van der Waals surface area contributed by atoms with Gasteiger partial charge >= 0.3 is 0 Å². The summed E-state index contributed by atoms with van der Waals surface area (Å²) < 4.78 is 0. The van der Waals surface area contributed by atoms with Crippen molar-refractivity contribution < 1.29 is 0 Å². The number of nitrogens with one attached hydrogen (secondary N) is 1. The summed E-state index contributed by atoms with van der Waals surface area (Å²) in [6.45, 7) is 8.07. The second-order valence-electron chi connectivity index (χ2n) is 5.70. The van der Waals surface area contributed by atoms with Gasteiger partial charge in [-0.05, 0) is 24.7 Å². The van der Waals surface area contributed by atoms with E-state index in [-0.39, 0.29) is 0 Å². The molecule has 0 aromatic heterocycles. The predicted octanol–water partition coefficient (Wildman–Crippen LogP) is 4.13. The van der Waals surface area contributed by atoms with Crippen LogP contribution < -0.4 is 5.32 Å². The largest absolute Gasteiger partial charge is 0.314 e. The van der Waals surface area contributed by atoms with Crippen molar-refractivity contribution in [3.05, 3.63) is 0 Å². The topological polar surface area (TPSA) is 12.0 Å². The molecule has 1 N–H and O–H groups in total. The Morgan fingerprint density at radius 3 is 2.33 bits per heavy atom. The van der Waals surface area contributed by atoms with E-state index in [1.807, 2.05) is 0 Å². The molecular formula is C14H29N. The van der Waals surface area contributed by atoms with Crippen LogP contribution in [0.4, 0.5) is 0 Å². The zero-order valence-electron chi connectivity index (χ0n) is 10.9. The highest BCUT2D eigenvalue weighted by Crippen LogP contribution is 2.41. The molecule has 0 unspecified atom stereocenters. The molecule has 90 valence electrons. The molecular weight excluding hydrogens is 182 g/mol. The standard InChI is InChI=1S/C14H29N/c1-4-5-6-9-14(10-7-8-11-14)12-15-13(2)3/h13,15H,4-12H2,1-3H3. The molecule has 0 atom stereocenters. The van der Waals surface area contributed by atoms with Gasteiger partial charge in [0.1, 0.15) is 0 Å². The van der Waals surface area contributed by atoms with E-state index in [1.54, 1.807) is 0 Å². The van der Waals surface area contributed by atoms with Crippen molar-refractivity contribution in [2.24, 2.45) is 5.41 Å². The van der Waals surface area contributed by atoms with Gasteiger partial charge in [-0.2, -0.15) is 0 Å². The molecule has 1 saturated carbocycles. The van der Waals surface area contributed by atoms with Crippen molar-refractivity contribution in [2.75, 3.05) is 6.54 Å². The zero-order chi connectivity index (χ0) is 11.1. The Hall–Kier alpha value is -0.0400. The molecule has 0 aliphatic heterocycles. The highest BCUT2D eigenvalue weighted by atomic mass is 14.9. The van der Waals surface area contributed by atoms with Gasteiger partial charge in [0.2, 0.25) is 0 Å². The van der Waals surface area contributed by atoms with E-state index >= 15 is 0 Å². The maximum absolute atomic E-state index is 3.66. The van der Waals surface area contributed by atoms with Crippen LogP contribution in [0, 0.1) is 5.41 Å². The van der Waals surface area contributed by atoms with E-state index < -0.39 is 0 Å². The quantitative estimate of drug-likeness (QED) is 0.624. The Bertz CT molecular complexity index is 157. The summed E-state index contributed by atoms with van der Waals surface area (Å²) >= 11 is 0. The van der Waals surface area contributed by atoms with Crippen LogP contribution in [0.25, 0.3) is 0 Å². The molecule has 15 heavy (non-hydrogen) atoms. The SMILES string of the molecule is CCCCCC1(CNC(C)C)CCCC1. The molecule has 0 aromatic rings. The molecule has 1 heteroatoms. The van der Waals surface area contributed by atoms with Gasteiger partial charge in [0.05, 0.1) is 0 Å². The monoisotopic (exact) mass is 211 g/mol. The van der Waals surface area contributed by atoms with Crippen LogP contribution >= 0.6 is 0 Å². The lowest BCUT2D eigenvalue weighted by Crippen LogP contribution is -2.35. The average molecular weight is 211 g/mol. The van der Waals surface area contributed by atoms with Crippen LogP contribution in [-0.4, -0.2) is 12.6 Å². The minimum atomic E-state index is 0.647. The maximum Gasteiger partial charge on any atom is 0.00106 e. The molecule has 0 aromatic carbocycles. The Balaban J connectivity index is 2.32. The third kappa shape index (κ3) is 4.55. The van der Waals surface area contributed by atoms with Crippen LogP contribution in [0.3, 0.4) is 0 Å². The second-order valence-corrected chi connectivity index (χ2v) is 5.70. The third-order valence-electron chi connectivity index (χ3n) is 3.86. The van der Waals surface area contributed by atoms with Crippen LogP contribution in [0.1, 0.15) is 72.1 Å². The number of hydrogen-bond donors (Lipinski definition) is 1. The van der Waals surface area contributed by atoms with Gasteiger partial charge in [-0.15, -0.1) is 0 Å². The summed E-state index contributed by atoms with van der Waals surface area (Å²) in [5.74, 6) is 0. The van der Waals surface area contributed by atoms with Gasteiger partial charge < -0.3 is 5.32 Å². The minimum absolute atomic E-state index is 0.647. The summed E-state index contributed by atoms with van der Waals surface area (Å²) in [4.78, 5) is 0. The number of hydrogen-bond acceptors (Lipinski definition) is 1. The van der Waals surface area contributed by atoms with Crippen molar-refractivity contribution in [3.63, 3.8) is 0 Å². The Morgan fingerprint density at radius 2 is 1.80 bits per heavy atom. The van der Waals surface area contributed by atoms with Crippen molar-refractivity contribution in [1.29, 1.82) is 0 Å². The molecule has 0 radical (unpaired) electrons. The fourth-order valence-electron chi connectivity index (χ4n) is 2.81. The lowest BCUT2D eigenvalue weighted by atomic mass is 9.80. The summed E-state index contributed by atoms with van der Waals surface area (Å²) in [6, 6.07) is 0.647. The summed E-state index contributed by atoms with van der Waals surface area (Å²) in [5, 5.41) is 3.66. The Labute approximate surface area is 96.0 Å². The van der Waals surface area contributed by atoms with Crippen molar-refractivity contribution in [2.45, 2.75) is 78.2 Å². The first-order chi connectivity index (χ1) is 7.18. The van der Waals surface area contributed by atoms with Crippen LogP contribution in [0.15, 0.2) is 0 Å². The predicted molar refractivity (Wildman–Crippen MR) is 68.2 cm³/mol. The van der Waals surface area contributed by atoms with E-state index in [0.717, 1.165) is 0 Å². The second kappa shape index (κ2) is 6.52. The molecule has 0 heterocycles. The molecule has 1 aliphatic rings. The molecule has 0 amide bonds. The van der Waals surface area contributed by atoms with Crippen molar-refractivity contribution in [1.82, 2.24) is 5.32 Å². The lowest BCUT2D eigenvalue weighted by Gasteiger charge is -2.30. The molecule has 1 aliphatic carbocycles. The van der Waals surface area contributed by atoms with E-state index in [4.69, 9.17) is 0 Å². The fourth-order valence-corrected chi connectivity index (χ4v) is 2.81. The zero-order valence-corrected chi connectivity index (χ0v) is 10.9. The molecule has 1 fully saturated rings. The van der Waals surface area contributed by atoms with Gasteiger partial charge in [-0.25, -0.2) is 0 Å². The first-order valence-electron chi connectivity index (χ1n) is 6.92. The molecule has 1 nitrogen and oxygen atoms in total. The first-order valence-corrected chi connectivity index (χ1v) is 6.92. The maximum atomic E-state index is 3.66. The number of unbranched alkanes of at least 4 members (excludes halogenated alkanes) is 2. The van der Waals surface area contributed by atoms with Gasteiger partial charge in [-0.3, -0.25) is 0 Å². The van der Waals surface area contributed by atoms with Crippen LogP contribution in [-0.2, 0) is 0 Å². The Morgan fingerprint density at radius 1 is 1.13 bits per heavy atom. The summed E-state index contributed by atoms with van der Waals surface area (Å²) in [7, 11) is 0. The van der Waals surface area contributed by atoms with Crippen LogP contribution in [0.2, 0.25) is 0 Å². The third-order valence-corrected chi connectivity index (χ3v) is 3.86. The Kier molecular flexibility index (Phi) is 5.66. The lowest BCUT2D eigenvalue weighted by molar-refractivity contribution is 0.241. The molecule has 1 rings (SSSR count). The minimum Gasteiger partial charge on any atom is -0.314 e. The molecule has 0 spiro atoms. The fraction of sp³-hybridized carbons (Fsp3) is 1.00. The average Bonchev–Trinajstić information content (AvgIpc) is 2.65. The molecule has 0 bridgehead atoms. The van der Waals surface area contributed by atoms with E-state index in [9.17, 15) is 0 Å². The van der Waals surface area contributed by atoms with Gasteiger partial charge in [0.15, 0.2) is 0 Å². The van der Waals surface area contributed by atoms with E-state index in [2.05, 4.69) is 26.1 Å². The highest BCUT2D eigenvalue weighted by Gasteiger charge is 2.32. The highest BCUT2D eigenvalue weighted by molar-refractivity contribution is 4.86. The van der Waals surface area contributed by atoms with Gasteiger partial charge in [0, 0.05) is 12.6 Å². The first kappa shape index (κ1) is 13.0. The van der Waals surface area contributed by atoms with Gasteiger partial charge in [0.25, 0.3) is 0 Å². The van der Waals surface area contributed by atoms with E-state index in [1.165, 1.54) is 57.9 Å². The number of rotatable bonds is 7. The van der Waals surface area contributed by atoms with Gasteiger partial charge in [-0.1, -0.05) is 52.9 Å². The van der Waals surface area contributed by atoms with Crippen LogP contribution in [0.5, 0.6) is 0 Å². The van der Waals surface area contributed by atoms with Crippen molar-refractivity contribution in [3.8, 4) is 0 Å². The molecule has 0 saturated heterocycles. The normalized spacial score (nSPS) is 20.0. The van der Waals surface area contributed by atoms with E-state index in [0.29, 0.717) is 11.5 Å². The van der Waals surface area contributed by atoms with Crippen molar-refractivity contribution >= 4 is 0 Å². The summed E-state index contributed by atoms with van der Waals surface area (Å²) in [6.07, 6.45) is 11.5.